The Balaban J connectivity index is 1.94. The van der Waals surface area contributed by atoms with Crippen molar-refractivity contribution in [2.24, 2.45) is 5.92 Å². The number of nitrogen functional groups attached to an aromatic ring is 1. The molecular formula is C13H13ClN4O2. The molecule has 1 saturated carbocycles. The highest BCUT2D eigenvalue weighted by Gasteiger charge is 2.38. The zero-order valence-corrected chi connectivity index (χ0v) is 11.6. The van der Waals surface area contributed by atoms with Crippen LogP contribution < -0.4 is 5.73 Å². The van der Waals surface area contributed by atoms with Crippen molar-refractivity contribution in [3.05, 3.63) is 23.1 Å². The van der Waals surface area contributed by atoms with Crippen molar-refractivity contribution in [3.8, 4) is 0 Å². The van der Waals surface area contributed by atoms with Crippen molar-refractivity contribution in [3.63, 3.8) is 0 Å². The minimum Gasteiger partial charge on any atom is -0.466 e. The molecule has 7 heteroatoms. The number of hydrogen-bond acceptors (Lipinski definition) is 5. The molecule has 0 aromatic carbocycles. The number of hydrogen-bond donors (Lipinski definition) is 1. The molecule has 2 aromatic heterocycles. The van der Waals surface area contributed by atoms with E-state index in [1.165, 1.54) is 6.33 Å². The number of esters is 1. The first-order valence-electron chi connectivity index (χ1n) is 6.25. The molecule has 104 valence electrons. The molecule has 2 N–H and O–H groups in total. The molecule has 0 bridgehead atoms. The maximum atomic E-state index is 11.6. The fourth-order valence-electron chi connectivity index (χ4n) is 2.14. The maximum absolute atomic E-state index is 11.6. The van der Waals surface area contributed by atoms with Crippen LogP contribution in [0.5, 0.6) is 0 Å². The van der Waals surface area contributed by atoms with Gasteiger partial charge in [-0.25, -0.2) is 9.97 Å². The molecule has 1 aliphatic rings. The van der Waals surface area contributed by atoms with Crippen LogP contribution in [0.2, 0.25) is 5.02 Å². The zero-order valence-electron chi connectivity index (χ0n) is 10.8. The number of carbonyl (C=O) groups excluding carboxylic acids is 1. The van der Waals surface area contributed by atoms with E-state index in [1.54, 1.807) is 17.7 Å². The first-order valence-corrected chi connectivity index (χ1v) is 6.63. The third-order valence-electron chi connectivity index (χ3n) is 3.20. The van der Waals surface area contributed by atoms with Gasteiger partial charge in [-0.15, -0.1) is 0 Å². The number of fused-ring (bicyclic) bond motifs is 1. The summed E-state index contributed by atoms with van der Waals surface area (Å²) in [7, 11) is 0. The van der Waals surface area contributed by atoms with Gasteiger partial charge in [0.25, 0.3) is 0 Å². The van der Waals surface area contributed by atoms with Crippen LogP contribution in [0.1, 0.15) is 13.3 Å². The average Bonchev–Trinajstić information content (AvgIpc) is 3.09. The summed E-state index contributed by atoms with van der Waals surface area (Å²) in [6.45, 7) is 2.19. The molecule has 6 nitrogen and oxygen atoms in total. The Bertz CT molecular complexity index is 722. The van der Waals surface area contributed by atoms with Gasteiger partial charge in [0, 0.05) is 12.4 Å². The lowest BCUT2D eigenvalue weighted by molar-refractivity contribution is -0.144. The van der Waals surface area contributed by atoms with Crippen LogP contribution in [0.15, 0.2) is 18.1 Å². The number of ether oxygens (including phenoxy) is 1. The van der Waals surface area contributed by atoms with E-state index >= 15 is 0 Å². The standard InChI is InChI=1S/C13H13ClN4O2/c1-2-20-13(19)8-3-7(8)4-18-5-9(14)10-11(15)16-6-17-12(10)18/h4-6,8H,2-3H2,1H3,(H2,15,16,17)/b7-4-. The molecule has 0 radical (unpaired) electrons. The van der Waals surface area contributed by atoms with Gasteiger partial charge in [-0.1, -0.05) is 11.6 Å². The van der Waals surface area contributed by atoms with Gasteiger partial charge < -0.3 is 15.0 Å². The Labute approximate surface area is 120 Å². The quantitative estimate of drug-likeness (QED) is 0.876. The van der Waals surface area contributed by atoms with Crippen molar-refractivity contribution in [2.75, 3.05) is 12.3 Å². The molecule has 0 spiro atoms. The topological polar surface area (TPSA) is 83.0 Å². The molecule has 1 fully saturated rings. The van der Waals surface area contributed by atoms with E-state index in [0.717, 1.165) is 5.57 Å². The van der Waals surface area contributed by atoms with E-state index in [0.29, 0.717) is 34.9 Å². The molecule has 1 atom stereocenters. The number of carbonyl (C=O) groups is 1. The molecule has 20 heavy (non-hydrogen) atoms. The predicted octanol–water partition coefficient (Wildman–Crippen LogP) is 2.09. The first kappa shape index (κ1) is 12.9. The van der Waals surface area contributed by atoms with Crippen molar-refractivity contribution < 1.29 is 9.53 Å². The Hall–Kier alpha value is -2.08. The van der Waals surface area contributed by atoms with Gasteiger partial charge in [0.05, 0.1) is 22.9 Å². The summed E-state index contributed by atoms with van der Waals surface area (Å²) in [6.07, 6.45) is 5.66. The van der Waals surface area contributed by atoms with E-state index in [-0.39, 0.29) is 11.9 Å². The third-order valence-corrected chi connectivity index (χ3v) is 3.48. The van der Waals surface area contributed by atoms with Crippen LogP contribution in [0.25, 0.3) is 17.2 Å². The van der Waals surface area contributed by atoms with E-state index in [9.17, 15) is 4.79 Å². The van der Waals surface area contributed by atoms with Gasteiger partial charge in [-0.2, -0.15) is 0 Å². The zero-order chi connectivity index (χ0) is 14.3. The highest BCUT2D eigenvalue weighted by Crippen LogP contribution is 2.40. The molecular weight excluding hydrogens is 280 g/mol. The minimum absolute atomic E-state index is 0.148. The highest BCUT2D eigenvalue weighted by molar-refractivity contribution is 6.36. The first-order chi connectivity index (χ1) is 9.61. The van der Waals surface area contributed by atoms with Crippen LogP contribution in [-0.4, -0.2) is 27.1 Å². The second kappa shape index (κ2) is 4.79. The van der Waals surface area contributed by atoms with Crippen LogP contribution in [0.4, 0.5) is 5.82 Å². The van der Waals surface area contributed by atoms with Crippen LogP contribution in [-0.2, 0) is 9.53 Å². The van der Waals surface area contributed by atoms with E-state index in [1.807, 2.05) is 6.20 Å². The summed E-state index contributed by atoms with van der Waals surface area (Å²) < 4.78 is 6.75. The summed E-state index contributed by atoms with van der Waals surface area (Å²) >= 11 is 6.13. The number of nitrogens with zero attached hydrogens (tertiary/aromatic N) is 3. The molecule has 1 unspecified atom stereocenters. The van der Waals surface area contributed by atoms with Crippen molar-refractivity contribution in [1.29, 1.82) is 0 Å². The second-order valence-electron chi connectivity index (χ2n) is 4.55. The lowest BCUT2D eigenvalue weighted by atomic mass is 10.4. The summed E-state index contributed by atoms with van der Waals surface area (Å²) in [5.41, 5.74) is 7.41. The summed E-state index contributed by atoms with van der Waals surface area (Å²) in [6, 6.07) is 0. The lowest BCUT2D eigenvalue weighted by Crippen LogP contribution is -2.05. The average molecular weight is 293 g/mol. The number of rotatable bonds is 3. The predicted molar refractivity (Wildman–Crippen MR) is 76.0 cm³/mol. The summed E-state index contributed by atoms with van der Waals surface area (Å²) in [4.78, 5) is 19.7. The van der Waals surface area contributed by atoms with Gasteiger partial charge in [0.1, 0.15) is 12.1 Å². The molecule has 2 aromatic rings. The van der Waals surface area contributed by atoms with E-state index in [4.69, 9.17) is 22.1 Å². The van der Waals surface area contributed by atoms with E-state index < -0.39 is 0 Å². The van der Waals surface area contributed by atoms with Gasteiger partial charge in [0.2, 0.25) is 0 Å². The largest absolute Gasteiger partial charge is 0.466 e. The molecule has 0 saturated heterocycles. The summed E-state index contributed by atoms with van der Waals surface area (Å²) in [5.74, 6) is 0.00991. The molecule has 3 rings (SSSR count). The monoisotopic (exact) mass is 292 g/mol. The third kappa shape index (κ3) is 2.12. The van der Waals surface area contributed by atoms with E-state index in [2.05, 4.69) is 9.97 Å². The molecule has 2 heterocycles. The lowest BCUT2D eigenvalue weighted by Gasteiger charge is -1.98. The SMILES string of the molecule is CCOC(=O)C1C/C1=C/n1cc(Cl)c2c(N)ncnc21. The Morgan fingerprint density at radius 2 is 2.45 bits per heavy atom. The van der Waals surface area contributed by atoms with Crippen LogP contribution in [0.3, 0.4) is 0 Å². The van der Waals surface area contributed by atoms with Gasteiger partial charge >= 0.3 is 5.97 Å². The molecule has 0 aliphatic heterocycles. The molecule has 1 aliphatic carbocycles. The Morgan fingerprint density at radius 3 is 3.20 bits per heavy atom. The Kier molecular flexibility index (Phi) is 3.10. The number of anilines is 1. The van der Waals surface area contributed by atoms with Crippen LogP contribution in [0, 0.1) is 5.92 Å². The van der Waals surface area contributed by atoms with Crippen molar-refractivity contribution in [2.45, 2.75) is 13.3 Å². The number of halogens is 1. The molecule has 0 amide bonds. The summed E-state index contributed by atoms with van der Waals surface area (Å²) in [5, 5.41) is 1.11. The smallest absolute Gasteiger partial charge is 0.313 e. The minimum atomic E-state index is -0.185. The van der Waals surface area contributed by atoms with Gasteiger partial charge in [0.15, 0.2) is 5.65 Å². The maximum Gasteiger partial charge on any atom is 0.313 e. The second-order valence-corrected chi connectivity index (χ2v) is 4.96. The van der Waals surface area contributed by atoms with Gasteiger partial charge in [-0.3, -0.25) is 4.79 Å². The fourth-order valence-corrected chi connectivity index (χ4v) is 2.42. The van der Waals surface area contributed by atoms with Crippen LogP contribution >= 0.6 is 11.6 Å². The number of nitrogens with two attached hydrogens (primary N) is 1. The fraction of sp³-hybridized carbons (Fsp3) is 0.308. The number of aromatic nitrogens is 3. The van der Waals surface area contributed by atoms with Crippen molar-refractivity contribution in [1.82, 2.24) is 14.5 Å². The highest BCUT2D eigenvalue weighted by atomic mass is 35.5. The normalized spacial score (nSPS) is 19.5. The van der Waals surface area contributed by atoms with Crippen molar-refractivity contribution >= 4 is 40.6 Å². The van der Waals surface area contributed by atoms with Gasteiger partial charge in [-0.05, 0) is 18.9 Å². The Morgan fingerprint density at radius 1 is 1.65 bits per heavy atom.